The van der Waals surface area contributed by atoms with E-state index in [4.69, 9.17) is 4.74 Å². The first-order chi connectivity index (χ1) is 12.3. The number of rotatable bonds is 6. The summed E-state index contributed by atoms with van der Waals surface area (Å²) in [6, 6.07) is 7.84. The molecular weight excluding hydrogens is 350 g/mol. The average molecular weight is 375 g/mol. The lowest BCUT2D eigenvalue weighted by molar-refractivity contribution is -0.116. The number of ether oxygens (including phenoxy) is 1. The molecule has 140 valence electrons. The van der Waals surface area contributed by atoms with Crippen molar-refractivity contribution in [3.63, 3.8) is 0 Å². The molecule has 2 rings (SSSR count). The molecule has 0 saturated carbocycles. The molecule has 26 heavy (non-hydrogen) atoms. The van der Waals surface area contributed by atoms with Gasteiger partial charge >= 0.3 is 6.09 Å². The number of thiazole rings is 1. The van der Waals surface area contributed by atoms with Crippen LogP contribution in [-0.2, 0) is 9.53 Å². The van der Waals surface area contributed by atoms with Crippen LogP contribution in [0.4, 0.5) is 4.79 Å². The molecular formula is C19H25N3O3S. The Morgan fingerprint density at radius 2 is 2.04 bits per heavy atom. The Labute approximate surface area is 157 Å². The van der Waals surface area contributed by atoms with Crippen molar-refractivity contribution < 1.29 is 14.3 Å². The number of nitrogens with zero attached hydrogens (tertiary/aromatic N) is 2. The maximum absolute atomic E-state index is 12.0. The summed E-state index contributed by atoms with van der Waals surface area (Å²) >= 11 is 1.53. The Morgan fingerprint density at radius 3 is 2.69 bits per heavy atom. The van der Waals surface area contributed by atoms with E-state index in [0.717, 1.165) is 15.2 Å². The lowest BCUT2D eigenvalue weighted by Gasteiger charge is -2.26. The summed E-state index contributed by atoms with van der Waals surface area (Å²) in [6.45, 7) is 8.63. The first-order valence-corrected chi connectivity index (χ1v) is 9.39. The Kier molecular flexibility index (Phi) is 6.74. The van der Waals surface area contributed by atoms with Gasteiger partial charge in [-0.05, 0) is 45.9 Å². The van der Waals surface area contributed by atoms with Gasteiger partial charge in [-0.25, -0.2) is 9.78 Å². The second-order valence-electron chi connectivity index (χ2n) is 6.70. The lowest BCUT2D eigenvalue weighted by Crippen LogP contribution is -2.41. The van der Waals surface area contributed by atoms with Gasteiger partial charge in [0, 0.05) is 25.7 Å². The smallest absolute Gasteiger partial charge is 0.410 e. The Morgan fingerprint density at radius 1 is 1.31 bits per heavy atom. The van der Waals surface area contributed by atoms with E-state index in [9.17, 15) is 9.59 Å². The third kappa shape index (κ3) is 6.15. The summed E-state index contributed by atoms with van der Waals surface area (Å²) in [6.07, 6.45) is 2.78. The van der Waals surface area contributed by atoms with Gasteiger partial charge in [-0.1, -0.05) is 12.1 Å². The number of benzene rings is 1. The zero-order valence-corrected chi connectivity index (χ0v) is 16.4. The zero-order chi connectivity index (χ0) is 19.2. The number of likely N-dealkylation sites (N-methyl/N-ethyl adjacent to an activating group) is 1. The standard InChI is InChI=1S/C19H25N3O3S/c1-5-22(18(24)25-19(2,3)4)13-12-20-16(23)10-11-17-21-14-8-6-7-9-15(14)26-17/h6-11H,5,12-13H2,1-4H3,(H,20,23)/b11-10+. The number of aromatic nitrogens is 1. The summed E-state index contributed by atoms with van der Waals surface area (Å²) in [7, 11) is 0. The number of hydrogen-bond acceptors (Lipinski definition) is 5. The van der Waals surface area contributed by atoms with Crippen molar-refractivity contribution in [2.75, 3.05) is 19.6 Å². The molecule has 0 aliphatic carbocycles. The number of hydrogen-bond donors (Lipinski definition) is 1. The SMILES string of the molecule is CCN(CCNC(=O)/C=C/c1nc2ccccc2s1)C(=O)OC(C)(C)C. The Balaban J connectivity index is 1.81. The molecule has 0 spiro atoms. The van der Waals surface area contributed by atoms with E-state index in [1.807, 2.05) is 52.0 Å². The van der Waals surface area contributed by atoms with E-state index < -0.39 is 5.60 Å². The van der Waals surface area contributed by atoms with Gasteiger partial charge in [0.1, 0.15) is 10.6 Å². The molecule has 0 unspecified atom stereocenters. The number of amides is 2. The number of carbonyl (C=O) groups excluding carboxylic acids is 2. The summed E-state index contributed by atoms with van der Waals surface area (Å²) < 4.78 is 6.42. The molecule has 0 saturated heterocycles. The van der Waals surface area contributed by atoms with Gasteiger partial charge in [-0.15, -0.1) is 11.3 Å². The van der Waals surface area contributed by atoms with Crippen molar-refractivity contribution in [1.82, 2.24) is 15.2 Å². The first-order valence-electron chi connectivity index (χ1n) is 8.58. The van der Waals surface area contributed by atoms with Gasteiger partial charge in [0.2, 0.25) is 5.91 Å². The van der Waals surface area contributed by atoms with Crippen LogP contribution in [0.5, 0.6) is 0 Å². The third-order valence-electron chi connectivity index (χ3n) is 3.40. The van der Waals surface area contributed by atoms with Crippen LogP contribution in [0, 0.1) is 0 Å². The van der Waals surface area contributed by atoms with E-state index in [1.165, 1.54) is 17.4 Å². The van der Waals surface area contributed by atoms with E-state index >= 15 is 0 Å². The van der Waals surface area contributed by atoms with Crippen molar-refractivity contribution >= 4 is 39.6 Å². The highest BCUT2D eigenvalue weighted by atomic mass is 32.1. The number of fused-ring (bicyclic) bond motifs is 1. The van der Waals surface area contributed by atoms with Crippen molar-refractivity contribution in [3.05, 3.63) is 35.3 Å². The Hall–Kier alpha value is -2.41. The minimum atomic E-state index is -0.534. The quantitative estimate of drug-likeness (QED) is 0.782. The molecule has 1 N–H and O–H groups in total. The van der Waals surface area contributed by atoms with Crippen molar-refractivity contribution in [2.45, 2.75) is 33.3 Å². The molecule has 2 amide bonds. The molecule has 7 heteroatoms. The van der Waals surface area contributed by atoms with Crippen LogP contribution in [0.2, 0.25) is 0 Å². The van der Waals surface area contributed by atoms with Gasteiger partial charge in [-0.3, -0.25) is 4.79 Å². The molecule has 1 heterocycles. The summed E-state index contributed by atoms with van der Waals surface area (Å²) in [5.74, 6) is -0.218. The van der Waals surface area contributed by atoms with Gasteiger partial charge in [0.05, 0.1) is 10.2 Å². The average Bonchev–Trinajstić information content (AvgIpc) is 2.98. The first kappa shape index (κ1) is 19.9. The summed E-state index contributed by atoms with van der Waals surface area (Å²) in [5.41, 5.74) is 0.391. The lowest BCUT2D eigenvalue weighted by atomic mass is 10.2. The van der Waals surface area contributed by atoms with Crippen LogP contribution in [0.15, 0.2) is 30.3 Å². The van der Waals surface area contributed by atoms with Crippen LogP contribution < -0.4 is 5.32 Å². The summed E-state index contributed by atoms with van der Waals surface area (Å²) in [5, 5.41) is 3.55. The zero-order valence-electron chi connectivity index (χ0n) is 15.6. The van der Waals surface area contributed by atoms with Crippen LogP contribution in [0.1, 0.15) is 32.7 Å². The minimum Gasteiger partial charge on any atom is -0.444 e. The van der Waals surface area contributed by atoms with Crippen LogP contribution in [-0.4, -0.2) is 47.1 Å². The molecule has 0 bridgehead atoms. The number of carbonyl (C=O) groups is 2. The molecule has 0 aliphatic heterocycles. The summed E-state index contributed by atoms with van der Waals surface area (Å²) in [4.78, 5) is 30.0. The van der Waals surface area contributed by atoms with Gasteiger partial charge in [0.25, 0.3) is 0 Å². The molecule has 0 aliphatic rings. The normalized spacial score (nSPS) is 11.7. The second-order valence-corrected chi connectivity index (χ2v) is 7.77. The highest BCUT2D eigenvalue weighted by molar-refractivity contribution is 7.19. The molecule has 2 aromatic rings. The minimum absolute atomic E-state index is 0.218. The van der Waals surface area contributed by atoms with Crippen molar-refractivity contribution in [1.29, 1.82) is 0 Å². The predicted octanol–water partition coefficient (Wildman–Crippen LogP) is 3.68. The Bertz CT molecular complexity index is 760. The molecule has 0 atom stereocenters. The fourth-order valence-corrected chi connectivity index (χ4v) is 3.06. The van der Waals surface area contributed by atoms with E-state index in [2.05, 4.69) is 10.3 Å². The van der Waals surface area contributed by atoms with Crippen molar-refractivity contribution in [3.8, 4) is 0 Å². The molecule has 0 fully saturated rings. The third-order valence-corrected chi connectivity index (χ3v) is 4.40. The fraction of sp³-hybridized carbons (Fsp3) is 0.421. The topological polar surface area (TPSA) is 71.5 Å². The number of para-hydroxylation sites is 1. The molecule has 0 radical (unpaired) electrons. The van der Waals surface area contributed by atoms with Gasteiger partial charge in [0.15, 0.2) is 0 Å². The van der Waals surface area contributed by atoms with Crippen LogP contribution >= 0.6 is 11.3 Å². The second kappa shape index (κ2) is 8.80. The predicted molar refractivity (Wildman–Crippen MR) is 105 cm³/mol. The van der Waals surface area contributed by atoms with Crippen molar-refractivity contribution in [2.24, 2.45) is 0 Å². The maximum Gasteiger partial charge on any atom is 0.410 e. The maximum atomic E-state index is 12.0. The van der Waals surface area contributed by atoms with Gasteiger partial charge < -0.3 is 15.0 Å². The largest absolute Gasteiger partial charge is 0.444 e. The van der Waals surface area contributed by atoms with E-state index in [0.29, 0.717) is 19.6 Å². The van der Waals surface area contributed by atoms with Crippen LogP contribution in [0.25, 0.3) is 16.3 Å². The monoisotopic (exact) mass is 375 g/mol. The molecule has 1 aromatic heterocycles. The van der Waals surface area contributed by atoms with E-state index in [-0.39, 0.29) is 12.0 Å². The fourth-order valence-electron chi connectivity index (χ4n) is 2.19. The number of nitrogens with one attached hydrogen (secondary N) is 1. The van der Waals surface area contributed by atoms with Gasteiger partial charge in [-0.2, -0.15) is 0 Å². The molecule has 1 aromatic carbocycles. The highest BCUT2D eigenvalue weighted by Crippen LogP contribution is 2.22. The van der Waals surface area contributed by atoms with Crippen LogP contribution in [0.3, 0.4) is 0 Å². The van der Waals surface area contributed by atoms with E-state index in [1.54, 1.807) is 11.0 Å². The highest BCUT2D eigenvalue weighted by Gasteiger charge is 2.20. The molecule has 6 nitrogen and oxygen atoms in total.